The van der Waals surface area contributed by atoms with Gasteiger partial charge in [-0.25, -0.2) is 0 Å². The van der Waals surface area contributed by atoms with Gasteiger partial charge >= 0.3 is 0 Å². The fourth-order valence-electron chi connectivity index (χ4n) is 3.88. The van der Waals surface area contributed by atoms with Crippen LogP contribution in [-0.4, -0.2) is 49.4 Å². The van der Waals surface area contributed by atoms with Gasteiger partial charge in [-0.3, -0.25) is 4.90 Å². The Hall–Kier alpha value is -1.10. The molecule has 2 aliphatic rings. The van der Waals surface area contributed by atoms with Crippen LogP contribution in [0.25, 0.3) is 0 Å². The minimum atomic E-state index is 0.317. The number of nitrogens with zero attached hydrogens (tertiary/aromatic N) is 1. The summed E-state index contributed by atoms with van der Waals surface area (Å²) < 4.78 is 5.55. The second-order valence-electron chi connectivity index (χ2n) is 6.39. The number of nitrogens with one attached hydrogen (secondary N) is 1. The zero-order chi connectivity index (χ0) is 15.4. The first-order valence-corrected chi connectivity index (χ1v) is 8.64. The molecule has 0 bridgehead atoms. The average Bonchev–Trinajstić information content (AvgIpc) is 2.59. The number of hydrogen-bond acceptors (Lipinski definition) is 4. The molecule has 0 unspecified atom stereocenters. The standard InChI is InChI=1S/C18H28N2O2/c1-2-14-4-3-5-16(18(14)21)17(15-6-12-22-13-7-15)20-10-8-19-9-11-20/h3-5,15,17,19,21H,2,6-13H2,1H3/t17-/m0/s1. The summed E-state index contributed by atoms with van der Waals surface area (Å²) in [6.07, 6.45) is 3.05. The van der Waals surface area contributed by atoms with Crippen LogP contribution in [0.15, 0.2) is 18.2 Å². The van der Waals surface area contributed by atoms with E-state index in [0.29, 0.717) is 17.7 Å². The van der Waals surface area contributed by atoms with Crippen LogP contribution in [0.4, 0.5) is 0 Å². The number of aromatic hydroxyl groups is 1. The van der Waals surface area contributed by atoms with E-state index in [2.05, 4.69) is 29.3 Å². The van der Waals surface area contributed by atoms with Crippen molar-refractivity contribution in [1.29, 1.82) is 0 Å². The van der Waals surface area contributed by atoms with E-state index in [1.165, 1.54) is 0 Å². The molecule has 122 valence electrons. The molecule has 1 atom stereocenters. The second kappa shape index (κ2) is 7.44. The maximum atomic E-state index is 10.7. The number of aryl methyl sites for hydroxylation is 1. The lowest BCUT2D eigenvalue weighted by Crippen LogP contribution is -2.47. The van der Waals surface area contributed by atoms with Crippen molar-refractivity contribution < 1.29 is 9.84 Å². The summed E-state index contributed by atoms with van der Waals surface area (Å²) >= 11 is 0. The third-order valence-corrected chi connectivity index (χ3v) is 5.11. The van der Waals surface area contributed by atoms with Crippen LogP contribution in [0.3, 0.4) is 0 Å². The number of benzene rings is 1. The Labute approximate surface area is 133 Å². The SMILES string of the molecule is CCc1cccc([C@H](C2CCOCC2)N2CCNCC2)c1O. The number of hydrogen-bond donors (Lipinski definition) is 2. The van der Waals surface area contributed by atoms with Crippen molar-refractivity contribution in [3.05, 3.63) is 29.3 Å². The van der Waals surface area contributed by atoms with Crippen LogP contribution >= 0.6 is 0 Å². The summed E-state index contributed by atoms with van der Waals surface area (Å²) in [6.45, 7) is 7.98. The molecule has 4 heteroatoms. The van der Waals surface area contributed by atoms with Crippen molar-refractivity contribution in [2.75, 3.05) is 39.4 Å². The molecule has 0 aliphatic carbocycles. The lowest BCUT2D eigenvalue weighted by molar-refractivity contribution is 0.0206. The van der Waals surface area contributed by atoms with Gasteiger partial charge in [0.2, 0.25) is 0 Å². The number of ether oxygens (including phenoxy) is 1. The maximum Gasteiger partial charge on any atom is 0.123 e. The molecule has 2 heterocycles. The smallest absolute Gasteiger partial charge is 0.123 e. The number of piperazine rings is 1. The fraction of sp³-hybridized carbons (Fsp3) is 0.667. The zero-order valence-electron chi connectivity index (χ0n) is 13.6. The van der Waals surface area contributed by atoms with Crippen molar-refractivity contribution in [2.45, 2.75) is 32.2 Å². The van der Waals surface area contributed by atoms with Crippen molar-refractivity contribution >= 4 is 0 Å². The summed E-state index contributed by atoms with van der Waals surface area (Å²) in [5.41, 5.74) is 2.18. The fourth-order valence-corrected chi connectivity index (χ4v) is 3.88. The van der Waals surface area contributed by atoms with E-state index >= 15 is 0 Å². The van der Waals surface area contributed by atoms with E-state index in [4.69, 9.17) is 4.74 Å². The van der Waals surface area contributed by atoms with Gasteiger partial charge in [0.05, 0.1) is 0 Å². The minimum absolute atomic E-state index is 0.317. The van der Waals surface area contributed by atoms with Gasteiger partial charge < -0.3 is 15.2 Å². The summed E-state index contributed by atoms with van der Waals surface area (Å²) in [5.74, 6) is 1.09. The Morgan fingerprint density at radius 2 is 2.00 bits per heavy atom. The highest BCUT2D eigenvalue weighted by Crippen LogP contribution is 2.40. The molecule has 0 spiro atoms. The molecule has 1 aromatic rings. The molecule has 2 fully saturated rings. The summed E-state index contributed by atoms with van der Waals surface area (Å²) in [7, 11) is 0. The number of rotatable bonds is 4. The molecule has 22 heavy (non-hydrogen) atoms. The summed E-state index contributed by atoms with van der Waals surface area (Å²) in [6, 6.07) is 6.58. The quantitative estimate of drug-likeness (QED) is 0.896. The molecule has 2 aliphatic heterocycles. The molecule has 2 saturated heterocycles. The largest absolute Gasteiger partial charge is 0.507 e. The van der Waals surface area contributed by atoms with E-state index in [-0.39, 0.29) is 0 Å². The summed E-state index contributed by atoms with van der Waals surface area (Å²) in [4.78, 5) is 2.56. The van der Waals surface area contributed by atoms with Crippen molar-refractivity contribution in [2.24, 2.45) is 5.92 Å². The third kappa shape index (κ3) is 3.29. The first-order valence-electron chi connectivity index (χ1n) is 8.64. The van der Waals surface area contributed by atoms with E-state index in [0.717, 1.165) is 69.8 Å². The van der Waals surface area contributed by atoms with Gasteiger partial charge in [-0.15, -0.1) is 0 Å². The number of para-hydroxylation sites is 1. The molecule has 3 rings (SSSR count). The van der Waals surface area contributed by atoms with E-state index < -0.39 is 0 Å². The first-order chi connectivity index (χ1) is 10.8. The van der Waals surface area contributed by atoms with E-state index in [1.54, 1.807) is 0 Å². The highest BCUT2D eigenvalue weighted by molar-refractivity contribution is 5.42. The molecule has 0 radical (unpaired) electrons. The molecule has 0 aromatic heterocycles. The maximum absolute atomic E-state index is 10.7. The predicted molar refractivity (Wildman–Crippen MR) is 88.2 cm³/mol. The van der Waals surface area contributed by atoms with E-state index in [1.807, 2.05) is 6.07 Å². The Balaban J connectivity index is 1.93. The van der Waals surface area contributed by atoms with Crippen molar-refractivity contribution in [1.82, 2.24) is 10.2 Å². The molecule has 1 aromatic carbocycles. The Kier molecular flexibility index (Phi) is 5.34. The average molecular weight is 304 g/mol. The second-order valence-corrected chi connectivity index (χ2v) is 6.39. The lowest BCUT2D eigenvalue weighted by Gasteiger charge is -2.41. The van der Waals surface area contributed by atoms with Crippen LogP contribution in [0.2, 0.25) is 0 Å². The van der Waals surface area contributed by atoms with Crippen LogP contribution in [0, 0.1) is 5.92 Å². The monoisotopic (exact) mass is 304 g/mol. The normalized spacial score (nSPS) is 22.6. The van der Waals surface area contributed by atoms with Gasteiger partial charge in [0.1, 0.15) is 5.75 Å². The molecular weight excluding hydrogens is 276 g/mol. The zero-order valence-corrected chi connectivity index (χ0v) is 13.6. The minimum Gasteiger partial charge on any atom is -0.507 e. The third-order valence-electron chi connectivity index (χ3n) is 5.11. The van der Waals surface area contributed by atoms with Gasteiger partial charge in [0.25, 0.3) is 0 Å². The van der Waals surface area contributed by atoms with Crippen LogP contribution in [0.5, 0.6) is 5.75 Å². The van der Waals surface area contributed by atoms with Crippen LogP contribution < -0.4 is 5.32 Å². The van der Waals surface area contributed by atoms with Gasteiger partial charge in [0, 0.05) is 51.0 Å². The van der Waals surface area contributed by atoms with Crippen LogP contribution in [0.1, 0.15) is 36.9 Å². The van der Waals surface area contributed by atoms with Gasteiger partial charge in [-0.1, -0.05) is 25.1 Å². The van der Waals surface area contributed by atoms with Crippen molar-refractivity contribution in [3.63, 3.8) is 0 Å². The number of phenolic OH excluding ortho intramolecular Hbond substituents is 1. The molecular formula is C18H28N2O2. The highest BCUT2D eigenvalue weighted by Gasteiger charge is 2.33. The predicted octanol–water partition coefficient (Wildman–Crippen LogP) is 2.33. The molecule has 0 saturated carbocycles. The summed E-state index contributed by atoms with van der Waals surface area (Å²) in [5, 5.41) is 14.2. The van der Waals surface area contributed by atoms with Crippen LogP contribution in [-0.2, 0) is 11.2 Å². The Bertz CT molecular complexity index is 462. The molecule has 4 nitrogen and oxygen atoms in total. The van der Waals surface area contributed by atoms with Gasteiger partial charge in [-0.2, -0.15) is 0 Å². The molecule has 2 N–H and O–H groups in total. The highest BCUT2D eigenvalue weighted by atomic mass is 16.5. The lowest BCUT2D eigenvalue weighted by atomic mass is 9.84. The van der Waals surface area contributed by atoms with Gasteiger partial charge in [0.15, 0.2) is 0 Å². The first kappa shape index (κ1) is 15.8. The molecule has 0 amide bonds. The topological polar surface area (TPSA) is 44.7 Å². The Morgan fingerprint density at radius 1 is 1.27 bits per heavy atom. The Morgan fingerprint density at radius 3 is 2.68 bits per heavy atom. The number of phenols is 1. The van der Waals surface area contributed by atoms with Crippen molar-refractivity contribution in [3.8, 4) is 5.75 Å². The van der Waals surface area contributed by atoms with Gasteiger partial charge in [-0.05, 0) is 30.7 Å². The van der Waals surface area contributed by atoms with E-state index in [9.17, 15) is 5.11 Å².